The van der Waals surface area contributed by atoms with Crippen LogP contribution in [0.4, 0.5) is 0 Å². The van der Waals surface area contributed by atoms with Gasteiger partial charge < -0.3 is 5.32 Å². The van der Waals surface area contributed by atoms with Crippen molar-refractivity contribution in [2.45, 2.75) is 33.7 Å². The lowest BCUT2D eigenvalue weighted by Gasteiger charge is -2.21. The molecule has 9 heavy (non-hydrogen) atoms. The fourth-order valence-corrected chi connectivity index (χ4v) is 1.25. The van der Waals surface area contributed by atoms with Crippen LogP contribution in [-0.4, -0.2) is 6.04 Å². The molecule has 1 N–H and O–H groups in total. The third-order valence-corrected chi connectivity index (χ3v) is 2.15. The average Bonchev–Trinajstić information content (AvgIpc) is 1.79. The van der Waals surface area contributed by atoms with Crippen molar-refractivity contribution in [1.82, 2.24) is 5.32 Å². The molecule has 1 rings (SSSR count). The Kier molecular flexibility index (Phi) is 1.30. The maximum absolute atomic E-state index is 3.37. The summed E-state index contributed by atoms with van der Waals surface area (Å²) in [6.07, 6.45) is 2.29. The maximum Gasteiger partial charge on any atom is 0.0316 e. The Morgan fingerprint density at radius 3 is 2.22 bits per heavy atom. The van der Waals surface area contributed by atoms with Crippen molar-refractivity contribution in [3.63, 3.8) is 0 Å². The van der Waals surface area contributed by atoms with Gasteiger partial charge in [-0.2, -0.15) is 0 Å². The SMILES string of the molecule is CC1=CC(C)(C)C(C)N1. The smallest absolute Gasteiger partial charge is 0.0316 e. The Labute approximate surface area is 57.1 Å². The van der Waals surface area contributed by atoms with Gasteiger partial charge in [-0.05, 0) is 13.8 Å². The van der Waals surface area contributed by atoms with Gasteiger partial charge in [-0.3, -0.25) is 0 Å². The second-order valence-corrected chi connectivity index (χ2v) is 3.51. The minimum absolute atomic E-state index is 0.351. The van der Waals surface area contributed by atoms with Gasteiger partial charge >= 0.3 is 0 Å². The highest BCUT2D eigenvalue weighted by molar-refractivity contribution is 5.15. The molecule has 1 heteroatoms. The summed E-state index contributed by atoms with van der Waals surface area (Å²) in [7, 11) is 0. The molecule has 0 aliphatic carbocycles. The highest BCUT2D eigenvalue weighted by atomic mass is 15.0. The normalized spacial score (nSPS) is 31.6. The lowest BCUT2D eigenvalue weighted by molar-refractivity contribution is 0.386. The predicted octanol–water partition coefficient (Wildman–Crippen LogP) is 1.91. The van der Waals surface area contributed by atoms with Gasteiger partial charge in [0.15, 0.2) is 0 Å². The molecule has 52 valence electrons. The number of nitrogens with one attached hydrogen (secondary N) is 1. The first-order valence-corrected chi connectivity index (χ1v) is 3.48. The largest absolute Gasteiger partial charge is 0.385 e. The molecule has 0 saturated carbocycles. The summed E-state index contributed by atoms with van der Waals surface area (Å²) in [5.74, 6) is 0. The molecule has 1 nitrogen and oxygen atoms in total. The van der Waals surface area contributed by atoms with E-state index in [1.807, 2.05) is 0 Å². The molecule has 0 saturated heterocycles. The van der Waals surface area contributed by atoms with E-state index in [9.17, 15) is 0 Å². The highest BCUT2D eigenvalue weighted by Gasteiger charge is 2.28. The van der Waals surface area contributed by atoms with Crippen LogP contribution in [0.25, 0.3) is 0 Å². The molecule has 0 radical (unpaired) electrons. The Hall–Kier alpha value is -0.460. The van der Waals surface area contributed by atoms with Gasteiger partial charge in [0.2, 0.25) is 0 Å². The minimum Gasteiger partial charge on any atom is -0.385 e. The lowest BCUT2D eigenvalue weighted by Crippen LogP contribution is -2.30. The molecular formula is C8H15N. The molecule has 1 heterocycles. The number of hydrogen-bond donors (Lipinski definition) is 1. The van der Waals surface area contributed by atoms with Crippen LogP contribution in [-0.2, 0) is 0 Å². The lowest BCUT2D eigenvalue weighted by atomic mass is 9.88. The summed E-state index contributed by atoms with van der Waals surface area (Å²) in [5.41, 5.74) is 1.66. The summed E-state index contributed by atoms with van der Waals surface area (Å²) >= 11 is 0. The second-order valence-electron chi connectivity index (χ2n) is 3.51. The van der Waals surface area contributed by atoms with Crippen molar-refractivity contribution < 1.29 is 0 Å². The molecular weight excluding hydrogens is 110 g/mol. The van der Waals surface area contributed by atoms with Gasteiger partial charge in [0.1, 0.15) is 0 Å². The third-order valence-electron chi connectivity index (χ3n) is 2.15. The van der Waals surface area contributed by atoms with E-state index >= 15 is 0 Å². The van der Waals surface area contributed by atoms with Crippen molar-refractivity contribution in [1.29, 1.82) is 0 Å². The van der Waals surface area contributed by atoms with Gasteiger partial charge in [0.05, 0.1) is 0 Å². The Bertz CT molecular complexity index is 145. The van der Waals surface area contributed by atoms with Gasteiger partial charge in [-0.25, -0.2) is 0 Å². The first kappa shape index (κ1) is 6.66. The van der Waals surface area contributed by atoms with E-state index in [1.165, 1.54) is 5.70 Å². The van der Waals surface area contributed by atoms with Crippen LogP contribution in [0.1, 0.15) is 27.7 Å². The molecule has 1 aliphatic heterocycles. The molecule has 0 aromatic rings. The monoisotopic (exact) mass is 125 g/mol. The van der Waals surface area contributed by atoms with Crippen molar-refractivity contribution >= 4 is 0 Å². The van der Waals surface area contributed by atoms with Crippen molar-refractivity contribution in [2.24, 2.45) is 5.41 Å². The summed E-state index contributed by atoms with van der Waals surface area (Å²) in [6, 6.07) is 0.595. The van der Waals surface area contributed by atoms with Gasteiger partial charge in [-0.15, -0.1) is 0 Å². The topological polar surface area (TPSA) is 12.0 Å². The van der Waals surface area contributed by atoms with Crippen molar-refractivity contribution in [2.75, 3.05) is 0 Å². The van der Waals surface area contributed by atoms with E-state index in [-0.39, 0.29) is 0 Å². The first-order valence-electron chi connectivity index (χ1n) is 3.48. The molecule has 1 unspecified atom stereocenters. The van der Waals surface area contributed by atoms with Crippen LogP contribution >= 0.6 is 0 Å². The standard InChI is InChI=1S/C8H15N/c1-6-5-8(3,4)7(2)9-6/h5,7,9H,1-4H3. The summed E-state index contributed by atoms with van der Waals surface area (Å²) in [4.78, 5) is 0. The van der Waals surface area contributed by atoms with E-state index < -0.39 is 0 Å². The number of allylic oxidation sites excluding steroid dienone is 1. The zero-order valence-electron chi connectivity index (χ0n) is 6.65. The number of rotatable bonds is 0. The molecule has 0 aromatic heterocycles. The zero-order valence-corrected chi connectivity index (χ0v) is 6.65. The molecule has 0 amide bonds. The maximum atomic E-state index is 3.37. The van der Waals surface area contributed by atoms with Gasteiger partial charge in [0, 0.05) is 17.2 Å². The summed E-state index contributed by atoms with van der Waals surface area (Å²) in [5, 5.41) is 3.37. The summed E-state index contributed by atoms with van der Waals surface area (Å²) in [6.45, 7) is 8.83. The minimum atomic E-state index is 0.351. The molecule has 0 bridgehead atoms. The van der Waals surface area contributed by atoms with Gasteiger partial charge in [0.25, 0.3) is 0 Å². The van der Waals surface area contributed by atoms with E-state index in [4.69, 9.17) is 0 Å². The van der Waals surface area contributed by atoms with Crippen molar-refractivity contribution in [3.8, 4) is 0 Å². The molecule has 1 atom stereocenters. The van der Waals surface area contributed by atoms with Crippen LogP contribution in [0.3, 0.4) is 0 Å². The zero-order chi connectivity index (χ0) is 7.07. The van der Waals surface area contributed by atoms with Crippen LogP contribution in [0.15, 0.2) is 11.8 Å². The Morgan fingerprint density at radius 2 is 2.11 bits per heavy atom. The molecule has 0 spiro atoms. The first-order chi connectivity index (χ1) is 4.02. The highest BCUT2D eigenvalue weighted by Crippen LogP contribution is 2.28. The average molecular weight is 125 g/mol. The van der Waals surface area contributed by atoms with Crippen LogP contribution in [0, 0.1) is 5.41 Å². The third kappa shape index (κ3) is 1.09. The van der Waals surface area contributed by atoms with E-state index in [1.54, 1.807) is 0 Å². The molecule has 0 aromatic carbocycles. The summed E-state index contributed by atoms with van der Waals surface area (Å²) < 4.78 is 0. The van der Waals surface area contributed by atoms with Gasteiger partial charge in [-0.1, -0.05) is 19.9 Å². The molecule has 0 fully saturated rings. The van der Waals surface area contributed by atoms with Crippen molar-refractivity contribution in [3.05, 3.63) is 11.8 Å². The Morgan fingerprint density at radius 1 is 1.56 bits per heavy atom. The van der Waals surface area contributed by atoms with E-state index in [0.29, 0.717) is 11.5 Å². The fraction of sp³-hybridized carbons (Fsp3) is 0.750. The van der Waals surface area contributed by atoms with Crippen LogP contribution in [0.5, 0.6) is 0 Å². The quantitative estimate of drug-likeness (QED) is 0.521. The van der Waals surface area contributed by atoms with Crippen LogP contribution in [0.2, 0.25) is 0 Å². The van der Waals surface area contributed by atoms with E-state index in [2.05, 4.69) is 39.1 Å². The second kappa shape index (κ2) is 1.76. The van der Waals surface area contributed by atoms with E-state index in [0.717, 1.165) is 0 Å². The fourth-order valence-electron chi connectivity index (χ4n) is 1.25. The Balaban J connectivity index is 2.76. The number of hydrogen-bond acceptors (Lipinski definition) is 1. The predicted molar refractivity (Wildman–Crippen MR) is 40.1 cm³/mol. The van der Waals surface area contributed by atoms with Crippen LogP contribution < -0.4 is 5.32 Å². The molecule has 1 aliphatic rings.